The summed E-state index contributed by atoms with van der Waals surface area (Å²) in [5.41, 5.74) is 5.04. The Labute approximate surface area is 69.2 Å². The molecule has 0 heterocycles. The number of rotatable bonds is 5. The second kappa shape index (κ2) is 5.18. The van der Waals surface area contributed by atoms with Crippen LogP contribution in [-0.2, 0) is 4.79 Å². The van der Waals surface area contributed by atoms with Crippen molar-refractivity contribution >= 4 is 6.29 Å². The molecule has 0 spiro atoms. The number of carbonyl (C=O) groups is 1. The topological polar surface area (TPSA) is 124 Å². The van der Waals surface area contributed by atoms with Crippen molar-refractivity contribution in [2.75, 3.05) is 6.61 Å². The smallest absolute Gasteiger partial charge is 0.139 e. The number of aliphatic hydroxyl groups is 4. The van der Waals surface area contributed by atoms with Crippen LogP contribution in [-0.4, -0.2) is 57.7 Å². The van der Waals surface area contributed by atoms with Crippen LogP contribution in [0.5, 0.6) is 0 Å². The first kappa shape index (κ1) is 11.5. The largest absolute Gasteiger partial charge is 0.394 e. The molecular weight excluding hydrogens is 167 g/mol. The molecule has 4 atom stereocenters. The number of carbonyl (C=O) groups excluding carboxylic acids is 1. The minimum atomic E-state index is -1.62. The Balaban J connectivity index is 4.07. The highest BCUT2D eigenvalue weighted by atomic mass is 16.4. The lowest BCUT2D eigenvalue weighted by Crippen LogP contribution is -2.49. The van der Waals surface area contributed by atoms with Crippen LogP contribution in [0.2, 0.25) is 0 Å². The number of aldehydes is 1. The number of nitrogens with two attached hydrogens (primary N) is 1. The first-order valence-electron chi connectivity index (χ1n) is 3.40. The highest BCUT2D eigenvalue weighted by Crippen LogP contribution is 2.01. The lowest BCUT2D eigenvalue weighted by atomic mass is 10.0. The monoisotopic (exact) mass is 180 g/mol. The maximum atomic E-state index is 10.0. The number of hydrogen-bond donors (Lipinski definition) is 5. The van der Waals surface area contributed by atoms with E-state index in [0.717, 1.165) is 0 Å². The summed E-state index contributed by atoms with van der Waals surface area (Å²) in [6.45, 7) is -0.705. The lowest BCUT2D eigenvalue weighted by Gasteiger charge is -2.23. The summed E-state index contributed by atoms with van der Waals surface area (Å²) in [5.74, 6) is 0. The van der Waals surface area contributed by atoms with Crippen LogP contribution < -0.4 is 5.73 Å². The molecule has 0 saturated carbocycles. The molecule has 0 aliphatic heterocycles. The van der Waals surface area contributed by atoms with Crippen molar-refractivity contribution < 1.29 is 25.2 Å². The quantitative estimate of drug-likeness (QED) is 0.222. The average Bonchev–Trinajstić information content (AvgIpc) is 2.12. The summed E-state index contributed by atoms with van der Waals surface area (Å²) in [6.07, 6.45) is -4.43. The second-order valence-corrected chi connectivity index (χ2v) is 2.44. The van der Waals surface area contributed by atoms with Crippen LogP contribution in [0.4, 0.5) is 0 Å². The molecule has 6 heteroatoms. The van der Waals surface area contributed by atoms with E-state index < -0.39 is 31.0 Å². The number of aliphatic hydroxyl groups excluding tert-OH is 4. The summed E-state index contributed by atoms with van der Waals surface area (Å²) >= 11 is 0. The molecule has 6 nitrogen and oxygen atoms in total. The third kappa shape index (κ3) is 2.84. The molecule has 0 bridgehead atoms. The zero-order valence-corrected chi connectivity index (χ0v) is 6.37. The molecule has 0 saturated heterocycles. The van der Waals surface area contributed by atoms with E-state index in [0.29, 0.717) is 0 Å². The molecule has 0 radical (unpaired) electrons. The van der Waals surface area contributed by atoms with Gasteiger partial charge in [0.25, 0.3) is 0 Å². The van der Waals surface area contributed by atoms with E-state index in [1.165, 1.54) is 0 Å². The third-order valence-corrected chi connectivity index (χ3v) is 1.48. The van der Waals surface area contributed by atoms with E-state index in [2.05, 4.69) is 0 Å². The van der Waals surface area contributed by atoms with Gasteiger partial charge in [-0.15, -0.1) is 0 Å². The van der Waals surface area contributed by atoms with Crippen molar-refractivity contribution in [3.8, 4) is 0 Å². The first-order chi connectivity index (χ1) is 5.54. The van der Waals surface area contributed by atoms with Gasteiger partial charge in [0.1, 0.15) is 24.6 Å². The second-order valence-electron chi connectivity index (χ2n) is 2.44. The van der Waals surface area contributed by atoms with Crippen molar-refractivity contribution in [1.29, 1.82) is 0 Å². The fourth-order valence-corrected chi connectivity index (χ4v) is 0.644. The van der Waals surface area contributed by atoms with Crippen LogP contribution in [0.1, 0.15) is 0 Å². The molecule has 0 aromatic heterocycles. The molecule has 0 aromatic rings. The van der Waals surface area contributed by atoms with E-state index in [1.54, 1.807) is 0 Å². The fraction of sp³-hybridized carbons (Fsp3) is 0.833. The first-order valence-corrected chi connectivity index (χ1v) is 3.40. The van der Waals surface area contributed by atoms with Gasteiger partial charge >= 0.3 is 0 Å². The van der Waals surface area contributed by atoms with Gasteiger partial charge in [-0.1, -0.05) is 0 Å². The molecule has 0 rings (SSSR count). The van der Waals surface area contributed by atoms with Gasteiger partial charge in [0, 0.05) is 0 Å². The van der Waals surface area contributed by atoms with Crippen LogP contribution in [0.3, 0.4) is 0 Å². The number of hydrogen-bond acceptors (Lipinski definition) is 6. The molecule has 0 fully saturated rings. The highest BCUT2D eigenvalue weighted by molar-refractivity contribution is 5.58. The van der Waals surface area contributed by atoms with Gasteiger partial charge in [-0.2, -0.15) is 0 Å². The SMILES string of the molecule is [15NH2][C@@H](C=O)[C@@H](O)[C@H](O)[C@H](O)CO. The van der Waals surface area contributed by atoms with Gasteiger partial charge in [0.2, 0.25) is 0 Å². The Hall–Kier alpha value is -0.530. The lowest BCUT2D eigenvalue weighted by molar-refractivity contribution is -0.118. The fourth-order valence-electron chi connectivity index (χ4n) is 0.644. The molecule has 72 valence electrons. The van der Waals surface area contributed by atoms with Crippen LogP contribution in [0, 0.1) is 0 Å². The molecular formula is C6H13NO5. The third-order valence-electron chi connectivity index (χ3n) is 1.48. The highest BCUT2D eigenvalue weighted by Gasteiger charge is 2.28. The minimum Gasteiger partial charge on any atom is -0.394 e. The Morgan fingerprint density at radius 2 is 1.75 bits per heavy atom. The predicted octanol–water partition coefficient (Wildman–Crippen LogP) is -3.41. The average molecular weight is 180 g/mol. The van der Waals surface area contributed by atoms with Gasteiger partial charge in [0.15, 0.2) is 0 Å². The van der Waals surface area contributed by atoms with Crippen LogP contribution >= 0.6 is 0 Å². The summed E-state index contributed by atoms with van der Waals surface area (Å²) in [6, 6.07) is -1.26. The summed E-state index contributed by atoms with van der Waals surface area (Å²) in [5, 5.41) is 35.2. The Morgan fingerprint density at radius 3 is 2.08 bits per heavy atom. The predicted molar refractivity (Wildman–Crippen MR) is 39.1 cm³/mol. The Morgan fingerprint density at radius 1 is 1.25 bits per heavy atom. The van der Waals surface area contributed by atoms with Gasteiger partial charge in [-0.3, -0.25) is 0 Å². The molecule has 6 N–H and O–H groups in total. The summed E-state index contributed by atoms with van der Waals surface area (Å²) in [4.78, 5) is 10.0. The van der Waals surface area contributed by atoms with E-state index in [-0.39, 0.29) is 6.29 Å². The van der Waals surface area contributed by atoms with Crippen LogP contribution in [0.15, 0.2) is 0 Å². The van der Waals surface area contributed by atoms with Crippen molar-refractivity contribution in [3.63, 3.8) is 0 Å². The molecule has 0 aromatic carbocycles. The molecule has 0 aliphatic rings. The zero-order valence-electron chi connectivity index (χ0n) is 6.37. The van der Waals surface area contributed by atoms with Gasteiger partial charge < -0.3 is 31.0 Å². The van der Waals surface area contributed by atoms with Crippen molar-refractivity contribution in [1.82, 2.24) is 0 Å². The summed E-state index contributed by atoms with van der Waals surface area (Å²) in [7, 11) is 0. The van der Waals surface area contributed by atoms with Crippen molar-refractivity contribution in [3.05, 3.63) is 0 Å². The van der Waals surface area contributed by atoms with Crippen molar-refractivity contribution in [2.45, 2.75) is 24.4 Å². The van der Waals surface area contributed by atoms with E-state index in [4.69, 9.17) is 26.2 Å². The van der Waals surface area contributed by atoms with Crippen molar-refractivity contribution in [2.24, 2.45) is 5.73 Å². The van der Waals surface area contributed by atoms with Gasteiger partial charge in [0.05, 0.1) is 12.6 Å². The summed E-state index contributed by atoms with van der Waals surface area (Å²) < 4.78 is 0. The van der Waals surface area contributed by atoms with Crippen LogP contribution in [0.25, 0.3) is 0 Å². The molecule has 12 heavy (non-hydrogen) atoms. The van der Waals surface area contributed by atoms with Gasteiger partial charge in [-0.05, 0) is 0 Å². The van der Waals surface area contributed by atoms with E-state index >= 15 is 0 Å². The maximum Gasteiger partial charge on any atom is 0.139 e. The standard InChI is InChI=1S/C6H13NO5/c7-3(1-8)5(11)6(12)4(10)2-9/h1,3-6,9-12H,2,7H2/t3-,4+,5+,6+/m0/s1/i7+1. The molecule has 0 aliphatic carbocycles. The normalized spacial score (nSPS) is 21.1. The van der Waals surface area contributed by atoms with Gasteiger partial charge in [-0.25, -0.2) is 0 Å². The Bertz CT molecular complexity index is 142. The van der Waals surface area contributed by atoms with E-state index in [9.17, 15) is 4.79 Å². The maximum absolute atomic E-state index is 10.0. The Kier molecular flexibility index (Phi) is 4.95. The van der Waals surface area contributed by atoms with E-state index in [1.807, 2.05) is 0 Å². The zero-order chi connectivity index (χ0) is 9.72. The molecule has 0 amide bonds. The molecule has 0 unspecified atom stereocenters. The minimum absolute atomic E-state index is 0.248.